The lowest BCUT2D eigenvalue weighted by molar-refractivity contribution is -0.306. The van der Waals surface area contributed by atoms with Gasteiger partial charge in [0.2, 0.25) is 0 Å². The molecule has 37 heavy (non-hydrogen) atoms. The van der Waals surface area contributed by atoms with Gasteiger partial charge in [-0.05, 0) is 49.4 Å². The van der Waals surface area contributed by atoms with Gasteiger partial charge >= 0.3 is 18.3 Å². The molecule has 0 amide bonds. The van der Waals surface area contributed by atoms with Gasteiger partial charge in [-0.3, -0.25) is 0 Å². The molecule has 0 aromatic heterocycles. The maximum Gasteiger partial charge on any atom is 0.453 e. The maximum atomic E-state index is 14.0. The Kier molecular flexibility index (Phi) is 9.12. The van der Waals surface area contributed by atoms with Crippen molar-refractivity contribution in [2.45, 2.75) is 50.1 Å². The highest BCUT2D eigenvalue weighted by atomic mass is 35.5. The fraction of sp³-hybridized carbons (Fsp3) is 0.500. The summed E-state index contributed by atoms with van der Waals surface area (Å²) in [5, 5.41) is 10.0. The first kappa shape index (κ1) is 29.6. The van der Waals surface area contributed by atoms with E-state index in [0.29, 0.717) is 0 Å². The minimum absolute atomic E-state index is 0.0626. The van der Waals surface area contributed by atoms with Crippen LogP contribution in [0.25, 0.3) is 0 Å². The second kappa shape index (κ2) is 11.4. The van der Waals surface area contributed by atoms with E-state index in [1.165, 1.54) is 36.4 Å². The van der Waals surface area contributed by atoms with E-state index in [0.717, 1.165) is 4.90 Å². The topological polar surface area (TPSA) is 32.7 Å². The normalized spacial score (nSPS) is 20.0. The van der Waals surface area contributed by atoms with E-state index >= 15 is 0 Å². The van der Waals surface area contributed by atoms with Gasteiger partial charge in [0.15, 0.2) is 6.10 Å². The smallest absolute Gasteiger partial charge is 0.453 e. The van der Waals surface area contributed by atoms with Crippen LogP contribution in [0, 0.1) is 11.8 Å². The van der Waals surface area contributed by atoms with E-state index in [1.54, 1.807) is 6.07 Å². The number of halogens is 10. The summed E-state index contributed by atoms with van der Waals surface area (Å²) in [6.07, 6.45) is -14.0. The molecule has 1 saturated carbocycles. The number of nitrogens with zero attached hydrogens (tertiary/aromatic N) is 1. The maximum absolute atomic E-state index is 14.0. The minimum atomic E-state index is -5.72. The van der Waals surface area contributed by atoms with Crippen molar-refractivity contribution in [1.29, 1.82) is 0 Å². The van der Waals surface area contributed by atoms with Gasteiger partial charge in [-0.25, -0.2) is 0 Å². The molecule has 0 aliphatic heterocycles. The largest absolute Gasteiger partial charge is 0.456 e. The van der Waals surface area contributed by atoms with Crippen molar-refractivity contribution in [2.24, 2.45) is 11.8 Å². The summed E-state index contributed by atoms with van der Waals surface area (Å²) in [4.78, 5) is 1.11. The predicted molar refractivity (Wildman–Crippen MR) is 124 cm³/mol. The van der Waals surface area contributed by atoms with Crippen LogP contribution in [0.4, 0.5) is 40.8 Å². The number of aliphatic hydroxyl groups is 1. The molecule has 1 aliphatic rings. The summed E-state index contributed by atoms with van der Waals surface area (Å²) < 4.78 is 112. The van der Waals surface area contributed by atoms with Crippen LogP contribution in [-0.2, 0) is 0 Å². The van der Waals surface area contributed by atoms with Gasteiger partial charge in [0.05, 0.1) is 11.6 Å². The van der Waals surface area contributed by atoms with E-state index in [2.05, 4.69) is 0 Å². The Bertz CT molecular complexity index is 1060. The fourth-order valence-corrected chi connectivity index (χ4v) is 4.69. The summed E-state index contributed by atoms with van der Waals surface area (Å²) in [6.45, 7) is -1.24. The Hall–Kier alpha value is -1.98. The van der Waals surface area contributed by atoms with Crippen LogP contribution in [-0.4, -0.2) is 42.6 Å². The van der Waals surface area contributed by atoms with E-state index in [1.807, 2.05) is 0 Å². The van der Waals surface area contributed by atoms with Crippen molar-refractivity contribution in [3.8, 4) is 11.5 Å². The van der Waals surface area contributed by atoms with Gasteiger partial charge in [0.1, 0.15) is 16.5 Å². The molecule has 206 valence electrons. The molecular formula is C24H23Cl2F8NO2. The molecule has 0 spiro atoms. The van der Waals surface area contributed by atoms with E-state index < -0.39 is 49.2 Å². The summed E-state index contributed by atoms with van der Waals surface area (Å²) in [5.74, 6) is -7.35. The van der Waals surface area contributed by atoms with Crippen molar-refractivity contribution in [3.63, 3.8) is 0 Å². The lowest BCUT2D eigenvalue weighted by atomic mass is 9.77. The highest BCUT2D eigenvalue weighted by Crippen LogP contribution is 2.48. The first-order valence-electron chi connectivity index (χ1n) is 11.3. The third-order valence-electron chi connectivity index (χ3n) is 6.25. The number of aliphatic hydroxyl groups excluding tert-OH is 1. The molecule has 3 unspecified atom stereocenters. The average molecular weight is 580 g/mol. The predicted octanol–water partition coefficient (Wildman–Crippen LogP) is 8.52. The van der Waals surface area contributed by atoms with Gasteiger partial charge in [0, 0.05) is 24.2 Å². The lowest BCUT2D eigenvalue weighted by Crippen LogP contribution is -2.47. The molecule has 2 aromatic rings. The molecule has 1 fully saturated rings. The molecule has 0 heterocycles. The van der Waals surface area contributed by atoms with Gasteiger partial charge in [-0.1, -0.05) is 41.8 Å². The summed E-state index contributed by atoms with van der Waals surface area (Å²) in [6, 6.07) is 10.3. The zero-order chi connectivity index (χ0) is 27.6. The third-order valence-corrected chi connectivity index (χ3v) is 7.05. The monoisotopic (exact) mass is 579 g/mol. The molecule has 0 radical (unpaired) electrons. The number of hydrogen-bond donors (Lipinski definition) is 1. The number of benzene rings is 2. The van der Waals surface area contributed by atoms with E-state index in [9.17, 15) is 40.2 Å². The number of rotatable bonds is 8. The Balaban J connectivity index is 1.85. The first-order chi connectivity index (χ1) is 17.1. The van der Waals surface area contributed by atoms with Crippen molar-refractivity contribution < 1.29 is 45.0 Å². The zero-order valence-electron chi connectivity index (χ0n) is 19.1. The standard InChI is InChI=1S/C24H23Cl2F8NO2/c25-18-8-3-9-19(21(18)26)37-17-7-2-6-16(11-17)35(13-20(36)23(29,30)31)12-14-4-1-5-15(10-14)22(27,28)24(32,33)34/h2-3,6-9,11,14-15,20,36H,1,4-5,10,12-13H2. The van der Waals surface area contributed by atoms with Crippen molar-refractivity contribution in [1.82, 2.24) is 0 Å². The molecule has 0 saturated heterocycles. The Labute approximate surface area is 217 Å². The SMILES string of the molecule is OC(CN(CC1CCCC(C(F)(F)C(F)(F)F)C1)c1cccc(Oc2cccc(Cl)c2Cl)c1)C(F)(F)F. The van der Waals surface area contributed by atoms with Gasteiger partial charge in [-0.15, -0.1) is 0 Å². The Morgan fingerprint density at radius 2 is 1.65 bits per heavy atom. The van der Waals surface area contributed by atoms with Crippen LogP contribution in [0.2, 0.25) is 10.0 Å². The molecule has 1 aliphatic carbocycles. The molecule has 2 aromatic carbocycles. The molecule has 3 nitrogen and oxygen atoms in total. The van der Waals surface area contributed by atoms with Gasteiger partial charge in [-0.2, -0.15) is 35.1 Å². The number of ether oxygens (including phenoxy) is 1. The lowest BCUT2D eigenvalue weighted by Gasteiger charge is -2.38. The highest BCUT2D eigenvalue weighted by Gasteiger charge is 2.62. The van der Waals surface area contributed by atoms with E-state index in [4.69, 9.17) is 27.9 Å². The van der Waals surface area contributed by atoms with Crippen LogP contribution < -0.4 is 9.64 Å². The number of alkyl halides is 8. The fourth-order valence-electron chi connectivity index (χ4n) is 4.36. The van der Waals surface area contributed by atoms with Crippen LogP contribution in [0.3, 0.4) is 0 Å². The summed E-state index contributed by atoms with van der Waals surface area (Å²) in [5.41, 5.74) is 0.142. The van der Waals surface area contributed by atoms with Crippen LogP contribution in [0.5, 0.6) is 11.5 Å². The minimum Gasteiger partial charge on any atom is -0.456 e. The molecule has 13 heteroatoms. The molecule has 1 N–H and O–H groups in total. The van der Waals surface area contributed by atoms with Gasteiger partial charge in [0.25, 0.3) is 0 Å². The quantitative estimate of drug-likeness (QED) is 0.318. The number of anilines is 1. The van der Waals surface area contributed by atoms with Crippen molar-refractivity contribution in [2.75, 3.05) is 18.0 Å². The van der Waals surface area contributed by atoms with Crippen molar-refractivity contribution >= 4 is 28.9 Å². The second-order valence-electron chi connectivity index (χ2n) is 8.96. The number of hydrogen-bond acceptors (Lipinski definition) is 3. The first-order valence-corrected chi connectivity index (χ1v) is 12.0. The molecular weight excluding hydrogens is 557 g/mol. The molecule has 3 rings (SSSR count). The van der Waals surface area contributed by atoms with E-state index in [-0.39, 0.29) is 53.0 Å². The van der Waals surface area contributed by atoms with Crippen LogP contribution >= 0.6 is 23.2 Å². The van der Waals surface area contributed by atoms with Crippen molar-refractivity contribution in [3.05, 3.63) is 52.5 Å². The zero-order valence-corrected chi connectivity index (χ0v) is 20.6. The Morgan fingerprint density at radius 3 is 2.30 bits per heavy atom. The Morgan fingerprint density at radius 1 is 0.973 bits per heavy atom. The molecule has 0 bridgehead atoms. The summed E-state index contributed by atoms with van der Waals surface area (Å²) >= 11 is 12.1. The second-order valence-corrected chi connectivity index (χ2v) is 9.75. The third kappa shape index (κ3) is 7.32. The van der Waals surface area contributed by atoms with Crippen LogP contribution in [0.1, 0.15) is 25.7 Å². The van der Waals surface area contributed by atoms with Gasteiger partial charge < -0.3 is 14.7 Å². The van der Waals surface area contributed by atoms with Crippen LogP contribution in [0.15, 0.2) is 42.5 Å². The molecule has 3 atom stereocenters. The summed E-state index contributed by atoms with van der Waals surface area (Å²) in [7, 11) is 0. The average Bonchev–Trinajstić information content (AvgIpc) is 2.80. The highest BCUT2D eigenvalue weighted by molar-refractivity contribution is 6.42.